The zero-order chi connectivity index (χ0) is 8.60. The Morgan fingerprint density at radius 3 is 2.69 bits per heavy atom. The van der Waals surface area contributed by atoms with Gasteiger partial charge in [0.05, 0.1) is 25.5 Å². The molecule has 1 aliphatic rings. The summed E-state index contributed by atoms with van der Waals surface area (Å²) in [5, 5.41) is 2.19. The van der Waals surface area contributed by atoms with E-state index in [0.717, 1.165) is 6.04 Å². The van der Waals surface area contributed by atoms with E-state index in [0.29, 0.717) is 0 Å². The average molecular weight is 309 g/mol. The topological polar surface area (TPSA) is 0 Å². The summed E-state index contributed by atoms with van der Waals surface area (Å²) in [7, 11) is 4.69. The summed E-state index contributed by atoms with van der Waals surface area (Å²) in [5.74, 6) is 0. The lowest BCUT2D eigenvalue weighted by Crippen LogP contribution is -3.00. The quantitative estimate of drug-likeness (QED) is 0.492. The largest absolute Gasteiger partial charge is 1.00 e. The number of thiophene rings is 1. The Hall–Kier alpha value is 0.390. The van der Waals surface area contributed by atoms with Gasteiger partial charge in [0.15, 0.2) is 0 Å². The minimum absolute atomic E-state index is 0. The summed E-state index contributed by atoms with van der Waals surface area (Å²) in [5.41, 5.74) is 0. The molecule has 0 aromatic carbocycles. The Balaban J connectivity index is 0.000000845. The third kappa shape index (κ3) is 2.25. The lowest BCUT2D eigenvalue weighted by molar-refractivity contribution is -0.907. The van der Waals surface area contributed by atoms with Crippen LogP contribution in [0.1, 0.15) is 23.8 Å². The first-order chi connectivity index (χ1) is 5.70. The molecule has 2 rings (SSSR count). The summed E-state index contributed by atoms with van der Waals surface area (Å²) in [4.78, 5) is 1.57. The van der Waals surface area contributed by atoms with E-state index in [9.17, 15) is 0 Å². The van der Waals surface area contributed by atoms with Crippen molar-refractivity contribution in [2.75, 3.05) is 20.6 Å². The molecule has 1 aromatic rings. The van der Waals surface area contributed by atoms with E-state index in [1.54, 1.807) is 4.88 Å². The van der Waals surface area contributed by atoms with Gasteiger partial charge < -0.3 is 28.5 Å². The van der Waals surface area contributed by atoms with Crippen molar-refractivity contribution >= 4 is 11.3 Å². The van der Waals surface area contributed by atoms with E-state index in [-0.39, 0.29) is 24.0 Å². The van der Waals surface area contributed by atoms with Gasteiger partial charge in [0.25, 0.3) is 0 Å². The maximum absolute atomic E-state index is 2.34. The minimum Gasteiger partial charge on any atom is -1.00 e. The summed E-state index contributed by atoms with van der Waals surface area (Å²) < 4.78 is 1.18. The highest BCUT2D eigenvalue weighted by Gasteiger charge is 2.35. The zero-order valence-electron chi connectivity index (χ0n) is 8.16. The van der Waals surface area contributed by atoms with Crippen LogP contribution in [-0.2, 0) is 0 Å². The van der Waals surface area contributed by atoms with Gasteiger partial charge in [0.1, 0.15) is 6.04 Å². The number of nitrogens with zero attached hydrogens (tertiary/aromatic N) is 1. The molecule has 0 aliphatic carbocycles. The third-order valence-electron chi connectivity index (χ3n) is 2.93. The van der Waals surface area contributed by atoms with Gasteiger partial charge in [0.2, 0.25) is 0 Å². The monoisotopic (exact) mass is 309 g/mol. The SMILES string of the molecule is C[N+]1(C)CCCC1c1cccs1.[I-]. The van der Waals surface area contributed by atoms with Crippen molar-refractivity contribution in [1.82, 2.24) is 0 Å². The number of likely N-dealkylation sites (tertiary alicyclic amines) is 1. The molecule has 2 heterocycles. The lowest BCUT2D eigenvalue weighted by atomic mass is 10.2. The van der Waals surface area contributed by atoms with Gasteiger partial charge in [-0.1, -0.05) is 6.07 Å². The first kappa shape index (κ1) is 11.5. The molecule has 0 amide bonds. The minimum atomic E-state index is 0. The number of hydrogen-bond acceptors (Lipinski definition) is 1. The van der Waals surface area contributed by atoms with Gasteiger partial charge in [-0.05, 0) is 11.4 Å². The highest BCUT2D eigenvalue weighted by atomic mass is 127. The van der Waals surface area contributed by atoms with Gasteiger partial charge in [-0.3, -0.25) is 0 Å². The fourth-order valence-electron chi connectivity index (χ4n) is 2.17. The number of quaternary nitrogens is 1. The Morgan fingerprint density at radius 1 is 1.46 bits per heavy atom. The lowest BCUT2D eigenvalue weighted by Gasteiger charge is -2.30. The van der Waals surface area contributed by atoms with E-state index >= 15 is 0 Å². The van der Waals surface area contributed by atoms with Crippen molar-refractivity contribution < 1.29 is 28.5 Å². The second-order valence-electron chi connectivity index (χ2n) is 4.18. The van der Waals surface area contributed by atoms with Crippen molar-refractivity contribution in [3.05, 3.63) is 22.4 Å². The van der Waals surface area contributed by atoms with E-state index in [1.165, 1.54) is 23.9 Å². The number of halogens is 1. The van der Waals surface area contributed by atoms with Crippen LogP contribution in [0.5, 0.6) is 0 Å². The molecular formula is C10H16INS. The maximum atomic E-state index is 2.34. The molecule has 1 fully saturated rings. The zero-order valence-corrected chi connectivity index (χ0v) is 11.1. The van der Waals surface area contributed by atoms with Crippen LogP contribution in [0.4, 0.5) is 0 Å². The smallest absolute Gasteiger partial charge is 0.124 e. The van der Waals surface area contributed by atoms with Crippen LogP contribution in [0.2, 0.25) is 0 Å². The first-order valence-electron chi connectivity index (χ1n) is 4.56. The molecule has 0 radical (unpaired) electrons. The molecule has 1 saturated heterocycles. The molecule has 13 heavy (non-hydrogen) atoms. The van der Waals surface area contributed by atoms with Crippen molar-refractivity contribution in [1.29, 1.82) is 0 Å². The molecule has 3 heteroatoms. The van der Waals surface area contributed by atoms with Gasteiger partial charge in [-0.2, -0.15) is 0 Å². The molecule has 0 N–H and O–H groups in total. The molecule has 0 saturated carbocycles. The molecule has 1 aromatic heterocycles. The highest BCUT2D eigenvalue weighted by molar-refractivity contribution is 7.10. The van der Waals surface area contributed by atoms with Crippen LogP contribution in [-0.4, -0.2) is 25.1 Å². The predicted octanol–water partition coefficient (Wildman–Crippen LogP) is -0.337. The van der Waals surface area contributed by atoms with Crippen LogP contribution < -0.4 is 24.0 Å². The van der Waals surface area contributed by atoms with Gasteiger partial charge in [0, 0.05) is 12.8 Å². The predicted molar refractivity (Wildman–Crippen MR) is 53.3 cm³/mol. The fraction of sp³-hybridized carbons (Fsp3) is 0.600. The van der Waals surface area contributed by atoms with Crippen molar-refractivity contribution in [3.8, 4) is 0 Å². The summed E-state index contributed by atoms with van der Waals surface area (Å²) in [6.07, 6.45) is 2.75. The maximum Gasteiger partial charge on any atom is 0.124 e. The Labute approximate surface area is 101 Å². The second-order valence-corrected chi connectivity index (χ2v) is 5.15. The van der Waals surface area contributed by atoms with Crippen LogP contribution in [0.15, 0.2) is 17.5 Å². The first-order valence-corrected chi connectivity index (χ1v) is 5.44. The number of hydrogen-bond donors (Lipinski definition) is 0. The summed E-state index contributed by atoms with van der Waals surface area (Å²) in [6, 6.07) is 5.21. The Kier molecular flexibility index (Phi) is 3.77. The normalized spacial score (nSPS) is 25.5. The summed E-state index contributed by atoms with van der Waals surface area (Å²) >= 11 is 1.91. The van der Waals surface area contributed by atoms with Gasteiger partial charge >= 0.3 is 0 Å². The Morgan fingerprint density at radius 2 is 2.23 bits per heavy atom. The van der Waals surface area contributed by atoms with Crippen LogP contribution in [0, 0.1) is 0 Å². The van der Waals surface area contributed by atoms with Crippen LogP contribution in [0.25, 0.3) is 0 Å². The molecule has 1 unspecified atom stereocenters. The molecule has 1 aliphatic heterocycles. The van der Waals surface area contributed by atoms with E-state index in [2.05, 4.69) is 31.6 Å². The van der Waals surface area contributed by atoms with E-state index in [4.69, 9.17) is 0 Å². The van der Waals surface area contributed by atoms with Crippen molar-refractivity contribution in [2.24, 2.45) is 0 Å². The Bertz CT molecular complexity index is 256. The van der Waals surface area contributed by atoms with Gasteiger partial charge in [-0.15, -0.1) is 11.3 Å². The average Bonchev–Trinajstić information content (AvgIpc) is 2.55. The highest BCUT2D eigenvalue weighted by Crippen LogP contribution is 2.37. The van der Waals surface area contributed by atoms with Crippen molar-refractivity contribution in [2.45, 2.75) is 18.9 Å². The van der Waals surface area contributed by atoms with Crippen LogP contribution >= 0.6 is 11.3 Å². The van der Waals surface area contributed by atoms with E-state index in [1.807, 2.05) is 11.3 Å². The summed E-state index contributed by atoms with van der Waals surface area (Å²) in [6.45, 7) is 1.34. The molecule has 0 spiro atoms. The van der Waals surface area contributed by atoms with E-state index < -0.39 is 0 Å². The standard InChI is InChI=1S/C10H16NS.HI/c1-11(2)7-3-5-9(11)10-6-4-8-12-10;/h4,6,8-9H,3,5,7H2,1-2H3;1H/q+1;/p-1. The molecular weight excluding hydrogens is 293 g/mol. The van der Waals surface area contributed by atoms with Gasteiger partial charge in [-0.25, -0.2) is 0 Å². The second kappa shape index (κ2) is 4.28. The number of rotatable bonds is 1. The van der Waals surface area contributed by atoms with Crippen LogP contribution in [0.3, 0.4) is 0 Å². The molecule has 1 nitrogen and oxygen atoms in total. The van der Waals surface area contributed by atoms with Crippen molar-refractivity contribution in [3.63, 3.8) is 0 Å². The molecule has 1 atom stereocenters. The molecule has 74 valence electrons. The molecule has 0 bridgehead atoms. The fourth-order valence-corrected chi connectivity index (χ4v) is 3.20. The third-order valence-corrected chi connectivity index (χ3v) is 3.90.